The highest BCUT2D eigenvalue weighted by Crippen LogP contribution is 2.47. The van der Waals surface area contributed by atoms with Crippen LogP contribution in [0.2, 0.25) is 0 Å². The molecule has 1 aliphatic carbocycles. The van der Waals surface area contributed by atoms with Crippen LogP contribution in [0, 0.1) is 17.6 Å². The zero-order chi connectivity index (χ0) is 27.4. The number of esters is 1. The molecule has 0 bridgehead atoms. The van der Waals surface area contributed by atoms with E-state index in [0.717, 1.165) is 12.3 Å². The van der Waals surface area contributed by atoms with E-state index in [-0.39, 0.29) is 35.3 Å². The topological polar surface area (TPSA) is 97.7 Å². The number of halogens is 2. The van der Waals surface area contributed by atoms with Gasteiger partial charge in [0.2, 0.25) is 0 Å². The summed E-state index contributed by atoms with van der Waals surface area (Å²) in [5.41, 5.74) is 2.95. The summed E-state index contributed by atoms with van der Waals surface area (Å²) >= 11 is 0. The first-order valence-corrected chi connectivity index (χ1v) is 14.1. The number of nitrogens with one attached hydrogen (secondary N) is 1. The first kappa shape index (κ1) is 25.9. The summed E-state index contributed by atoms with van der Waals surface area (Å²) in [5, 5.41) is 3.37. The molecule has 200 valence electrons. The van der Waals surface area contributed by atoms with Crippen LogP contribution in [0.3, 0.4) is 0 Å². The fraction of sp³-hybridized carbons (Fsp3) is 0.333. The predicted molar refractivity (Wildman–Crippen MR) is 140 cm³/mol. The number of anilines is 1. The first-order chi connectivity index (χ1) is 18.0. The van der Waals surface area contributed by atoms with Crippen molar-refractivity contribution in [3.8, 4) is 0 Å². The van der Waals surface area contributed by atoms with Gasteiger partial charge in [-0.05, 0) is 47.4 Å². The van der Waals surface area contributed by atoms with Crippen molar-refractivity contribution in [2.45, 2.75) is 18.9 Å². The monoisotopic (exact) mass is 543 g/mol. The molecule has 11 heteroatoms. The second-order valence-electron chi connectivity index (χ2n) is 9.84. The van der Waals surface area contributed by atoms with Gasteiger partial charge in [0.25, 0.3) is 5.56 Å². The summed E-state index contributed by atoms with van der Waals surface area (Å²) in [7, 11) is -0.551. The number of allylic oxidation sites excluding steroid dienone is 1. The van der Waals surface area contributed by atoms with Gasteiger partial charge in [0.1, 0.15) is 11.6 Å². The minimum atomic E-state index is -3.48. The van der Waals surface area contributed by atoms with Crippen LogP contribution in [0.15, 0.2) is 58.7 Å². The summed E-state index contributed by atoms with van der Waals surface area (Å²) in [4.78, 5) is 27.1. The van der Waals surface area contributed by atoms with E-state index in [0.29, 0.717) is 46.5 Å². The van der Waals surface area contributed by atoms with E-state index in [9.17, 15) is 22.4 Å². The van der Waals surface area contributed by atoms with Gasteiger partial charge in [-0.3, -0.25) is 9.59 Å². The number of aryl methyl sites for hydroxylation is 1. The minimum absolute atomic E-state index is 0.130. The van der Waals surface area contributed by atoms with Gasteiger partial charge in [0, 0.05) is 56.2 Å². The summed E-state index contributed by atoms with van der Waals surface area (Å²) < 4.78 is 59.8. The Balaban J connectivity index is 1.76. The molecule has 5 rings (SSSR count). The van der Waals surface area contributed by atoms with E-state index in [1.807, 2.05) is 0 Å². The molecule has 8 nitrogen and oxygen atoms in total. The number of pyridine rings is 1. The Morgan fingerprint density at radius 1 is 1.24 bits per heavy atom. The van der Waals surface area contributed by atoms with Crippen molar-refractivity contribution in [2.24, 2.45) is 13.0 Å². The number of sulfone groups is 1. The van der Waals surface area contributed by atoms with Gasteiger partial charge in [-0.2, -0.15) is 0 Å². The van der Waals surface area contributed by atoms with Gasteiger partial charge in [0.15, 0.2) is 9.84 Å². The lowest BCUT2D eigenvalue weighted by Gasteiger charge is -2.38. The molecular weight excluding hydrogens is 516 g/mol. The normalized spacial score (nSPS) is 20.2. The fourth-order valence-corrected chi connectivity index (χ4v) is 6.33. The first-order valence-electron chi connectivity index (χ1n) is 12.1. The van der Waals surface area contributed by atoms with Crippen LogP contribution in [0.25, 0.3) is 11.3 Å². The fourth-order valence-electron chi connectivity index (χ4n) is 5.52. The van der Waals surface area contributed by atoms with Crippen molar-refractivity contribution >= 4 is 32.8 Å². The Labute approximate surface area is 218 Å². The number of carbonyl (C=O) groups excluding carboxylic acids is 1. The summed E-state index contributed by atoms with van der Waals surface area (Å²) in [5.74, 6) is -2.38. The second-order valence-corrected chi connectivity index (χ2v) is 12.0. The molecule has 0 fully saturated rings. The van der Waals surface area contributed by atoms with Crippen LogP contribution in [-0.2, 0) is 26.4 Å². The lowest BCUT2D eigenvalue weighted by molar-refractivity contribution is -0.140. The lowest BCUT2D eigenvalue weighted by atomic mass is 9.82. The molecule has 38 heavy (non-hydrogen) atoms. The third-order valence-corrected chi connectivity index (χ3v) is 8.02. The zero-order valence-electron chi connectivity index (χ0n) is 21.1. The van der Waals surface area contributed by atoms with Gasteiger partial charge in [0.05, 0.1) is 35.9 Å². The molecule has 1 aromatic heterocycles. The quantitative estimate of drug-likeness (QED) is 0.560. The van der Waals surface area contributed by atoms with E-state index >= 15 is 4.39 Å². The predicted octanol–water partition coefficient (Wildman–Crippen LogP) is 2.76. The molecule has 0 saturated carbocycles. The molecular formula is C27H27F2N3O5S. The zero-order valence-corrected chi connectivity index (χ0v) is 21.9. The Hall–Kier alpha value is -3.73. The van der Waals surface area contributed by atoms with E-state index in [2.05, 4.69) is 5.32 Å². The Kier molecular flexibility index (Phi) is 6.50. The Morgan fingerprint density at radius 2 is 2.00 bits per heavy atom. The molecule has 0 radical (unpaired) electrons. The molecule has 2 aromatic rings. The van der Waals surface area contributed by atoms with Crippen LogP contribution in [0.4, 0.5) is 14.5 Å². The Morgan fingerprint density at radius 3 is 2.68 bits per heavy atom. The van der Waals surface area contributed by atoms with Crippen molar-refractivity contribution in [1.82, 2.24) is 9.88 Å². The van der Waals surface area contributed by atoms with Crippen LogP contribution >= 0.6 is 0 Å². The van der Waals surface area contributed by atoms with E-state index in [1.165, 1.54) is 23.8 Å². The molecule has 0 saturated heterocycles. The number of aromatic nitrogens is 1. The van der Waals surface area contributed by atoms with Crippen LogP contribution in [-0.4, -0.2) is 50.7 Å². The maximum Gasteiger partial charge on any atom is 0.305 e. The number of rotatable bonds is 6. The standard InChI is InChI=1S/C27H27F2N3O5S/c1-31-9-8-19-17(14-38(3,35)36)10-16-13-32(21-6-5-18(28)11-20(21)29)26-15(4-7-22(33)37-2)12-30-25(23(16)26)24(19)27(31)34/h5-6,8-11,13,15,26,30H,4,7,12,14H2,1-3H3/t15-,26?/m0/s1. The Bertz CT molecular complexity index is 1610. The second kappa shape index (κ2) is 9.54. The molecule has 1 N–H and O–H groups in total. The number of fused-ring (bicyclic) bond motifs is 2. The number of nitrogens with zero attached hydrogens (tertiary/aromatic N) is 2. The van der Waals surface area contributed by atoms with Gasteiger partial charge >= 0.3 is 5.97 Å². The number of carbonyl (C=O) groups is 1. The summed E-state index contributed by atoms with van der Waals surface area (Å²) in [6.45, 7) is 0.361. The maximum absolute atomic E-state index is 15.1. The number of methoxy groups -OCH3 is 1. The van der Waals surface area contributed by atoms with Crippen LogP contribution in [0.1, 0.15) is 24.0 Å². The number of hydrogen-bond donors (Lipinski definition) is 1. The van der Waals surface area contributed by atoms with Gasteiger partial charge < -0.3 is 19.5 Å². The molecule has 0 spiro atoms. The largest absolute Gasteiger partial charge is 0.469 e. The van der Waals surface area contributed by atoms with Crippen molar-refractivity contribution < 1.29 is 26.7 Å². The van der Waals surface area contributed by atoms with Gasteiger partial charge in [-0.25, -0.2) is 17.2 Å². The molecule has 1 aromatic carbocycles. The van der Waals surface area contributed by atoms with Crippen molar-refractivity contribution in [1.29, 1.82) is 0 Å². The van der Waals surface area contributed by atoms with Crippen molar-refractivity contribution in [2.75, 3.05) is 30.6 Å². The SMILES string of the molecule is COC(=O)CC[C@H]1CNC2=C3C(=CN(c4ccc(F)cc4F)C31)C=C(CS(C)(=O)=O)c1ccn(C)c(=O)c12. The maximum atomic E-state index is 15.1. The average Bonchev–Trinajstić information content (AvgIpc) is 3.16. The van der Waals surface area contributed by atoms with Crippen LogP contribution in [0.5, 0.6) is 0 Å². The molecule has 3 heterocycles. The molecule has 2 atom stereocenters. The van der Waals surface area contributed by atoms with E-state index in [1.54, 1.807) is 36.5 Å². The third kappa shape index (κ3) is 4.55. The van der Waals surface area contributed by atoms with E-state index in [4.69, 9.17) is 4.74 Å². The molecule has 2 aliphatic heterocycles. The molecule has 1 unspecified atom stereocenters. The van der Waals surface area contributed by atoms with Crippen LogP contribution < -0.4 is 15.8 Å². The number of benzene rings is 1. The smallest absolute Gasteiger partial charge is 0.305 e. The highest BCUT2D eigenvalue weighted by atomic mass is 32.2. The van der Waals surface area contributed by atoms with Crippen molar-refractivity contribution in [3.63, 3.8) is 0 Å². The molecule has 0 amide bonds. The average molecular weight is 544 g/mol. The minimum Gasteiger partial charge on any atom is -0.469 e. The van der Waals surface area contributed by atoms with Gasteiger partial charge in [-0.15, -0.1) is 0 Å². The highest BCUT2D eigenvalue weighted by molar-refractivity contribution is 7.91. The molecule has 3 aliphatic rings. The summed E-state index contributed by atoms with van der Waals surface area (Å²) in [6.07, 6.45) is 6.68. The van der Waals surface area contributed by atoms with E-state index < -0.39 is 27.5 Å². The van der Waals surface area contributed by atoms with Gasteiger partial charge in [-0.1, -0.05) is 0 Å². The van der Waals surface area contributed by atoms with Crippen molar-refractivity contribution in [3.05, 3.63) is 87.0 Å². The summed E-state index contributed by atoms with van der Waals surface area (Å²) in [6, 6.07) is 4.54. The lowest BCUT2D eigenvalue weighted by Crippen LogP contribution is -2.46. The number of ether oxygens (including phenoxy) is 1. The third-order valence-electron chi connectivity index (χ3n) is 7.19. The number of hydrogen-bond acceptors (Lipinski definition) is 7. The highest BCUT2D eigenvalue weighted by Gasteiger charge is 2.44.